The highest BCUT2D eigenvalue weighted by Gasteiger charge is 2.26. The summed E-state index contributed by atoms with van der Waals surface area (Å²) in [5, 5.41) is 12.3. The number of unbranched alkanes of at least 4 members (excludes halogenated alkanes) is 1. The van der Waals surface area contributed by atoms with Gasteiger partial charge in [0.25, 0.3) is 5.91 Å². The summed E-state index contributed by atoms with van der Waals surface area (Å²) in [5.74, 6) is 0.471. The van der Waals surface area contributed by atoms with Gasteiger partial charge in [0.05, 0.1) is 6.61 Å². The SMILES string of the molecule is O=C(O)CN1CCc2cc(OCCCCC3CCNCC3)ccc2C1=O. The number of fused-ring (bicyclic) bond motifs is 1. The number of hydrogen-bond acceptors (Lipinski definition) is 4. The van der Waals surface area contributed by atoms with Crippen LogP contribution in [0.25, 0.3) is 0 Å². The molecule has 1 aromatic rings. The molecule has 142 valence electrons. The molecule has 6 heteroatoms. The van der Waals surface area contributed by atoms with E-state index in [9.17, 15) is 9.59 Å². The Morgan fingerprint density at radius 2 is 2.08 bits per heavy atom. The van der Waals surface area contributed by atoms with Gasteiger partial charge in [-0.05, 0) is 74.9 Å². The second-order valence-electron chi connectivity index (χ2n) is 7.23. The second kappa shape index (κ2) is 9.03. The van der Waals surface area contributed by atoms with Crippen LogP contribution >= 0.6 is 0 Å². The molecule has 1 aromatic carbocycles. The fraction of sp³-hybridized carbons (Fsp3) is 0.600. The number of benzene rings is 1. The number of carboxylic acid groups (broad SMARTS) is 1. The molecule has 2 N–H and O–H groups in total. The van der Waals surface area contributed by atoms with Crippen LogP contribution in [0.3, 0.4) is 0 Å². The van der Waals surface area contributed by atoms with Crippen molar-refractivity contribution in [3.05, 3.63) is 29.3 Å². The predicted molar refractivity (Wildman–Crippen MR) is 98.6 cm³/mol. The zero-order valence-electron chi connectivity index (χ0n) is 15.2. The number of ether oxygens (including phenoxy) is 1. The number of carbonyl (C=O) groups excluding carboxylic acids is 1. The highest BCUT2D eigenvalue weighted by atomic mass is 16.5. The van der Waals surface area contributed by atoms with E-state index in [0.29, 0.717) is 25.1 Å². The van der Waals surface area contributed by atoms with Crippen LogP contribution in [-0.2, 0) is 11.2 Å². The zero-order chi connectivity index (χ0) is 18.4. The number of carbonyl (C=O) groups is 2. The summed E-state index contributed by atoms with van der Waals surface area (Å²) in [6.45, 7) is 3.20. The van der Waals surface area contributed by atoms with E-state index in [0.717, 1.165) is 36.7 Å². The number of amides is 1. The maximum Gasteiger partial charge on any atom is 0.323 e. The molecule has 2 heterocycles. The lowest BCUT2D eigenvalue weighted by Crippen LogP contribution is -2.40. The van der Waals surface area contributed by atoms with Gasteiger partial charge in [-0.15, -0.1) is 0 Å². The molecule has 0 atom stereocenters. The Morgan fingerprint density at radius 3 is 2.85 bits per heavy atom. The minimum absolute atomic E-state index is 0.206. The van der Waals surface area contributed by atoms with E-state index in [2.05, 4.69) is 5.32 Å². The lowest BCUT2D eigenvalue weighted by atomic mass is 9.93. The first-order valence-corrected chi connectivity index (χ1v) is 9.61. The molecule has 2 aliphatic rings. The van der Waals surface area contributed by atoms with Gasteiger partial charge in [0.1, 0.15) is 12.3 Å². The standard InChI is InChI=1S/C20H28N2O4/c23-19(24)14-22-11-8-16-13-17(4-5-18(16)20(22)25)26-12-2-1-3-15-6-9-21-10-7-15/h4-5,13,15,21H,1-3,6-12,14H2,(H,23,24). The lowest BCUT2D eigenvalue weighted by Gasteiger charge is -2.27. The molecule has 26 heavy (non-hydrogen) atoms. The number of nitrogens with zero attached hydrogens (tertiary/aromatic N) is 1. The fourth-order valence-corrected chi connectivity index (χ4v) is 3.81. The van der Waals surface area contributed by atoms with Crippen LogP contribution in [0.2, 0.25) is 0 Å². The van der Waals surface area contributed by atoms with Gasteiger partial charge in [0.2, 0.25) is 0 Å². The monoisotopic (exact) mass is 360 g/mol. The summed E-state index contributed by atoms with van der Waals surface area (Å²) in [5.41, 5.74) is 1.54. The van der Waals surface area contributed by atoms with Gasteiger partial charge in [-0.2, -0.15) is 0 Å². The lowest BCUT2D eigenvalue weighted by molar-refractivity contribution is -0.137. The fourth-order valence-electron chi connectivity index (χ4n) is 3.81. The molecule has 3 rings (SSSR count). The first-order chi connectivity index (χ1) is 12.6. The van der Waals surface area contributed by atoms with Crippen molar-refractivity contribution in [3.8, 4) is 5.75 Å². The molecule has 2 aliphatic heterocycles. The predicted octanol–water partition coefficient (Wildman–Crippen LogP) is 2.32. The number of piperidine rings is 1. The van der Waals surface area contributed by atoms with Gasteiger partial charge < -0.3 is 20.1 Å². The Hall–Kier alpha value is -2.08. The molecule has 6 nitrogen and oxygen atoms in total. The average molecular weight is 360 g/mol. The molecule has 0 spiro atoms. The van der Waals surface area contributed by atoms with Crippen LogP contribution in [0.15, 0.2) is 18.2 Å². The largest absolute Gasteiger partial charge is 0.494 e. The van der Waals surface area contributed by atoms with E-state index in [1.807, 2.05) is 12.1 Å². The van der Waals surface area contributed by atoms with Crippen LogP contribution < -0.4 is 10.1 Å². The highest BCUT2D eigenvalue weighted by Crippen LogP contribution is 2.24. The average Bonchev–Trinajstić information content (AvgIpc) is 2.64. The van der Waals surface area contributed by atoms with Gasteiger partial charge in [0, 0.05) is 12.1 Å². The Labute approximate surface area is 154 Å². The Morgan fingerprint density at radius 1 is 1.27 bits per heavy atom. The smallest absolute Gasteiger partial charge is 0.323 e. The third-order valence-electron chi connectivity index (χ3n) is 5.31. The van der Waals surface area contributed by atoms with E-state index >= 15 is 0 Å². The summed E-state index contributed by atoms with van der Waals surface area (Å²) < 4.78 is 5.86. The molecule has 0 aromatic heterocycles. The Kier molecular flexibility index (Phi) is 6.50. The van der Waals surface area contributed by atoms with Crippen molar-refractivity contribution in [2.75, 3.05) is 32.8 Å². The molecule has 1 amide bonds. The molecule has 0 radical (unpaired) electrons. The molecule has 0 aliphatic carbocycles. The molecule has 1 saturated heterocycles. The minimum atomic E-state index is -0.980. The van der Waals surface area contributed by atoms with E-state index in [1.165, 1.54) is 30.6 Å². The van der Waals surface area contributed by atoms with Crippen molar-refractivity contribution >= 4 is 11.9 Å². The number of nitrogens with one attached hydrogen (secondary N) is 1. The van der Waals surface area contributed by atoms with Gasteiger partial charge >= 0.3 is 5.97 Å². The van der Waals surface area contributed by atoms with Crippen molar-refractivity contribution in [1.82, 2.24) is 10.2 Å². The van der Waals surface area contributed by atoms with E-state index in [4.69, 9.17) is 9.84 Å². The van der Waals surface area contributed by atoms with Crippen LogP contribution in [0.5, 0.6) is 5.75 Å². The van der Waals surface area contributed by atoms with E-state index < -0.39 is 5.97 Å². The first-order valence-electron chi connectivity index (χ1n) is 9.61. The number of hydrogen-bond donors (Lipinski definition) is 2. The quantitative estimate of drug-likeness (QED) is 0.696. The number of rotatable bonds is 8. The maximum absolute atomic E-state index is 12.3. The van der Waals surface area contributed by atoms with Gasteiger partial charge in [-0.25, -0.2) is 0 Å². The van der Waals surface area contributed by atoms with E-state index in [1.54, 1.807) is 6.07 Å². The van der Waals surface area contributed by atoms with Crippen molar-refractivity contribution < 1.29 is 19.4 Å². The summed E-state index contributed by atoms with van der Waals surface area (Å²) >= 11 is 0. The molecular formula is C20H28N2O4. The maximum atomic E-state index is 12.3. The van der Waals surface area contributed by atoms with Crippen molar-refractivity contribution in [2.24, 2.45) is 5.92 Å². The molecule has 0 bridgehead atoms. The van der Waals surface area contributed by atoms with Crippen molar-refractivity contribution in [1.29, 1.82) is 0 Å². The molecule has 0 saturated carbocycles. The third-order valence-corrected chi connectivity index (χ3v) is 5.31. The normalized spacial score (nSPS) is 17.8. The summed E-state index contributed by atoms with van der Waals surface area (Å²) in [6.07, 6.45) is 6.77. The Balaban J connectivity index is 1.44. The van der Waals surface area contributed by atoms with Crippen molar-refractivity contribution in [3.63, 3.8) is 0 Å². The summed E-state index contributed by atoms with van der Waals surface area (Å²) in [7, 11) is 0. The van der Waals surface area contributed by atoms with Crippen LogP contribution in [-0.4, -0.2) is 54.7 Å². The topological polar surface area (TPSA) is 78.9 Å². The van der Waals surface area contributed by atoms with Gasteiger partial charge in [0.15, 0.2) is 0 Å². The second-order valence-corrected chi connectivity index (χ2v) is 7.23. The van der Waals surface area contributed by atoms with Crippen molar-refractivity contribution in [2.45, 2.75) is 38.5 Å². The first kappa shape index (κ1) is 18.7. The molecule has 1 fully saturated rings. The van der Waals surface area contributed by atoms with Gasteiger partial charge in [-0.3, -0.25) is 9.59 Å². The minimum Gasteiger partial charge on any atom is -0.494 e. The zero-order valence-corrected chi connectivity index (χ0v) is 15.2. The number of carboxylic acids is 1. The third kappa shape index (κ3) is 4.97. The molecule has 0 unspecified atom stereocenters. The van der Waals surface area contributed by atoms with Gasteiger partial charge in [-0.1, -0.05) is 6.42 Å². The molecular weight excluding hydrogens is 332 g/mol. The summed E-state index contributed by atoms with van der Waals surface area (Å²) in [6, 6.07) is 5.50. The van der Waals surface area contributed by atoms with Crippen LogP contribution in [0.4, 0.5) is 0 Å². The summed E-state index contributed by atoms with van der Waals surface area (Å²) in [4.78, 5) is 24.5. The van der Waals surface area contributed by atoms with E-state index in [-0.39, 0.29) is 12.5 Å². The van der Waals surface area contributed by atoms with Crippen LogP contribution in [0, 0.1) is 5.92 Å². The van der Waals surface area contributed by atoms with Crippen LogP contribution in [0.1, 0.15) is 48.0 Å². The highest BCUT2D eigenvalue weighted by molar-refractivity contribution is 5.98. The Bertz CT molecular complexity index is 641. The number of aliphatic carboxylic acids is 1.